The van der Waals surface area contributed by atoms with Crippen LogP contribution in [0.3, 0.4) is 0 Å². The Balaban J connectivity index is 2.16. The van der Waals surface area contributed by atoms with Crippen LogP contribution in [0.1, 0.15) is 0 Å². The van der Waals surface area contributed by atoms with Gasteiger partial charge in [0.1, 0.15) is 0 Å². The average Bonchev–Trinajstić information content (AvgIpc) is 2.14. The van der Waals surface area contributed by atoms with Crippen molar-refractivity contribution in [1.82, 2.24) is 4.90 Å². The van der Waals surface area contributed by atoms with Gasteiger partial charge in [0.15, 0.2) is 0 Å². The molecule has 0 spiro atoms. The molecule has 0 unspecified atom stereocenters. The van der Waals surface area contributed by atoms with E-state index in [1.165, 1.54) is 12.3 Å². The molecule has 0 amide bonds. The van der Waals surface area contributed by atoms with E-state index in [9.17, 15) is 4.79 Å². The Morgan fingerprint density at radius 3 is 2.92 bits per heavy atom. The number of isocyanates is 1. The Labute approximate surface area is 71.5 Å². The lowest BCUT2D eigenvalue weighted by molar-refractivity contribution is 0.0434. The molecule has 4 heteroatoms. The summed E-state index contributed by atoms with van der Waals surface area (Å²) < 4.78 is 5.18. The second kappa shape index (κ2) is 5.66. The van der Waals surface area contributed by atoms with E-state index in [0.29, 0.717) is 0 Å². The monoisotopic (exact) mass is 168 g/mol. The van der Waals surface area contributed by atoms with Gasteiger partial charge in [-0.3, -0.25) is 4.90 Å². The zero-order chi connectivity index (χ0) is 8.65. The number of hydrogen-bond acceptors (Lipinski definition) is 4. The Morgan fingerprint density at radius 2 is 2.25 bits per heavy atom. The second-order valence-electron chi connectivity index (χ2n) is 2.52. The van der Waals surface area contributed by atoms with Crippen molar-refractivity contribution in [2.24, 2.45) is 4.99 Å². The highest BCUT2D eigenvalue weighted by molar-refractivity contribution is 5.34. The first-order valence-corrected chi connectivity index (χ1v) is 3.95. The summed E-state index contributed by atoms with van der Waals surface area (Å²) in [4.78, 5) is 15.2. The van der Waals surface area contributed by atoms with Crippen molar-refractivity contribution in [3.63, 3.8) is 0 Å². The van der Waals surface area contributed by atoms with Crippen LogP contribution in [0.4, 0.5) is 0 Å². The summed E-state index contributed by atoms with van der Waals surface area (Å²) in [6.45, 7) is 4.33. The molecular formula is C8H12N2O2. The number of hydrogen-bond donors (Lipinski definition) is 0. The number of rotatable bonds is 3. The molecule has 0 aromatic rings. The van der Waals surface area contributed by atoms with Gasteiger partial charge in [-0.2, -0.15) is 4.99 Å². The van der Waals surface area contributed by atoms with E-state index in [4.69, 9.17) is 4.74 Å². The van der Waals surface area contributed by atoms with E-state index in [0.717, 1.165) is 32.8 Å². The minimum Gasteiger partial charge on any atom is -0.379 e. The first kappa shape index (κ1) is 9.13. The smallest absolute Gasteiger partial charge is 0.239 e. The van der Waals surface area contributed by atoms with Crippen molar-refractivity contribution in [3.8, 4) is 0 Å². The topological polar surface area (TPSA) is 41.9 Å². The van der Waals surface area contributed by atoms with E-state index in [-0.39, 0.29) is 0 Å². The lowest BCUT2D eigenvalue weighted by atomic mass is 10.4. The third-order valence-corrected chi connectivity index (χ3v) is 1.70. The fraction of sp³-hybridized carbons (Fsp3) is 0.625. The summed E-state index contributed by atoms with van der Waals surface area (Å²) in [7, 11) is 0. The first-order valence-electron chi connectivity index (χ1n) is 3.95. The molecule has 1 aliphatic heterocycles. The normalized spacial score (nSPS) is 19.3. The van der Waals surface area contributed by atoms with Gasteiger partial charge in [0, 0.05) is 25.8 Å². The molecule has 1 fully saturated rings. The Bertz CT molecular complexity index is 191. The highest BCUT2D eigenvalue weighted by atomic mass is 16.5. The molecule has 1 rings (SSSR count). The third kappa shape index (κ3) is 3.44. The Kier molecular flexibility index (Phi) is 4.31. The lowest BCUT2D eigenvalue weighted by Gasteiger charge is -2.24. The van der Waals surface area contributed by atoms with Gasteiger partial charge in [-0.25, -0.2) is 4.79 Å². The number of ether oxygens (including phenoxy) is 1. The van der Waals surface area contributed by atoms with Gasteiger partial charge in [-0.1, -0.05) is 6.08 Å². The van der Waals surface area contributed by atoms with Crippen LogP contribution in [-0.4, -0.2) is 43.8 Å². The van der Waals surface area contributed by atoms with Crippen LogP contribution in [0.2, 0.25) is 0 Å². The fourth-order valence-electron chi connectivity index (χ4n) is 1.06. The maximum Gasteiger partial charge on any atom is 0.239 e. The quantitative estimate of drug-likeness (QED) is 0.445. The molecule has 1 saturated heterocycles. The molecule has 0 atom stereocenters. The highest BCUT2D eigenvalue weighted by Gasteiger charge is 2.07. The summed E-state index contributed by atoms with van der Waals surface area (Å²) >= 11 is 0. The van der Waals surface area contributed by atoms with Crippen molar-refractivity contribution in [2.75, 3.05) is 32.8 Å². The van der Waals surface area contributed by atoms with Crippen LogP contribution < -0.4 is 0 Å². The van der Waals surface area contributed by atoms with E-state index < -0.39 is 0 Å². The fourth-order valence-corrected chi connectivity index (χ4v) is 1.06. The van der Waals surface area contributed by atoms with Crippen LogP contribution in [0.5, 0.6) is 0 Å². The van der Waals surface area contributed by atoms with Gasteiger partial charge in [-0.15, -0.1) is 0 Å². The van der Waals surface area contributed by atoms with Crippen LogP contribution in [0.15, 0.2) is 17.3 Å². The van der Waals surface area contributed by atoms with Gasteiger partial charge < -0.3 is 4.74 Å². The lowest BCUT2D eigenvalue weighted by Crippen LogP contribution is -2.36. The zero-order valence-corrected chi connectivity index (χ0v) is 6.90. The number of morpholine rings is 1. The maximum atomic E-state index is 9.68. The number of nitrogens with zero attached hydrogens (tertiary/aromatic N) is 2. The molecule has 0 bridgehead atoms. The van der Waals surface area contributed by atoms with Crippen molar-refractivity contribution in [3.05, 3.63) is 12.3 Å². The van der Waals surface area contributed by atoms with Gasteiger partial charge >= 0.3 is 0 Å². The van der Waals surface area contributed by atoms with E-state index in [1.54, 1.807) is 0 Å². The first-order chi connectivity index (χ1) is 5.93. The second-order valence-corrected chi connectivity index (χ2v) is 2.52. The van der Waals surface area contributed by atoms with E-state index in [2.05, 4.69) is 9.89 Å². The van der Waals surface area contributed by atoms with Gasteiger partial charge in [-0.05, 0) is 0 Å². The van der Waals surface area contributed by atoms with Crippen molar-refractivity contribution in [2.45, 2.75) is 0 Å². The van der Waals surface area contributed by atoms with Crippen LogP contribution in [0, 0.1) is 0 Å². The highest BCUT2D eigenvalue weighted by Crippen LogP contribution is 1.95. The van der Waals surface area contributed by atoms with Crippen molar-refractivity contribution >= 4 is 6.08 Å². The van der Waals surface area contributed by atoms with Crippen LogP contribution >= 0.6 is 0 Å². The zero-order valence-electron chi connectivity index (χ0n) is 6.90. The summed E-state index contributed by atoms with van der Waals surface area (Å²) in [5.74, 6) is 0. The molecule has 12 heavy (non-hydrogen) atoms. The largest absolute Gasteiger partial charge is 0.379 e. The summed E-state index contributed by atoms with van der Waals surface area (Å²) in [5.41, 5.74) is 0. The predicted molar refractivity (Wildman–Crippen MR) is 44.5 cm³/mol. The molecule has 0 radical (unpaired) electrons. The summed E-state index contributed by atoms with van der Waals surface area (Å²) in [6.07, 6.45) is 4.77. The molecule has 66 valence electrons. The predicted octanol–water partition coefficient (Wildman–Crippen LogP) is 0.168. The molecule has 0 aliphatic carbocycles. The summed E-state index contributed by atoms with van der Waals surface area (Å²) in [6, 6.07) is 0. The Hall–Kier alpha value is -0.960. The molecule has 1 heterocycles. The van der Waals surface area contributed by atoms with Crippen molar-refractivity contribution < 1.29 is 9.53 Å². The van der Waals surface area contributed by atoms with E-state index >= 15 is 0 Å². The molecule has 1 aliphatic rings. The Morgan fingerprint density at radius 1 is 1.50 bits per heavy atom. The molecule has 4 nitrogen and oxygen atoms in total. The average molecular weight is 168 g/mol. The minimum atomic E-state index is 0.796. The molecule has 0 N–H and O–H groups in total. The SMILES string of the molecule is O=C=N/C=C\CN1CCOCC1. The van der Waals surface area contributed by atoms with E-state index in [1.807, 2.05) is 6.08 Å². The van der Waals surface area contributed by atoms with Crippen molar-refractivity contribution in [1.29, 1.82) is 0 Å². The summed E-state index contributed by atoms with van der Waals surface area (Å²) in [5, 5.41) is 0. The van der Waals surface area contributed by atoms with Crippen LogP contribution in [-0.2, 0) is 9.53 Å². The molecular weight excluding hydrogens is 156 g/mol. The van der Waals surface area contributed by atoms with Gasteiger partial charge in [0.25, 0.3) is 0 Å². The molecule has 0 aromatic heterocycles. The maximum absolute atomic E-state index is 9.68. The molecule has 0 saturated carbocycles. The van der Waals surface area contributed by atoms with Gasteiger partial charge in [0.2, 0.25) is 6.08 Å². The van der Waals surface area contributed by atoms with Crippen LogP contribution in [0.25, 0.3) is 0 Å². The van der Waals surface area contributed by atoms with Gasteiger partial charge in [0.05, 0.1) is 13.2 Å². The molecule has 0 aromatic carbocycles. The number of carbonyl (C=O) groups excluding carboxylic acids is 1. The minimum absolute atomic E-state index is 0.796. The number of aliphatic imine (C=N–C) groups is 1. The standard InChI is InChI=1S/C8H12N2O2/c11-8-9-2-1-3-10-4-6-12-7-5-10/h1-2H,3-7H2/b2-1-. The third-order valence-electron chi connectivity index (χ3n) is 1.70.